The highest BCUT2D eigenvalue weighted by Crippen LogP contribution is 2.33. The molecule has 3 aromatic carbocycles. The number of para-hydroxylation sites is 3. The zero-order chi connectivity index (χ0) is 21.4. The summed E-state index contributed by atoms with van der Waals surface area (Å²) in [6.45, 7) is 0. The van der Waals surface area contributed by atoms with Crippen molar-refractivity contribution in [3.63, 3.8) is 0 Å². The molecular weight excluding hydrogens is 422 g/mol. The SMILES string of the molecule is O=C(CS(=O)(=O)CCCc1ccccc1)Nc1ccccc1Oc1ccccc1Cl. The van der Waals surface area contributed by atoms with E-state index in [2.05, 4.69) is 5.32 Å². The van der Waals surface area contributed by atoms with Crippen molar-refractivity contribution in [1.29, 1.82) is 0 Å². The van der Waals surface area contributed by atoms with Gasteiger partial charge in [-0.1, -0.05) is 66.2 Å². The minimum absolute atomic E-state index is 0.0485. The summed E-state index contributed by atoms with van der Waals surface area (Å²) in [7, 11) is -3.52. The van der Waals surface area contributed by atoms with Gasteiger partial charge in [0.25, 0.3) is 0 Å². The first-order chi connectivity index (χ1) is 14.4. The Morgan fingerprint density at radius 2 is 1.50 bits per heavy atom. The van der Waals surface area contributed by atoms with Gasteiger partial charge in [0.2, 0.25) is 5.91 Å². The molecule has 0 aromatic heterocycles. The normalized spacial score (nSPS) is 11.1. The van der Waals surface area contributed by atoms with Crippen LogP contribution in [0.2, 0.25) is 5.02 Å². The molecular formula is C23H22ClNO4S. The van der Waals surface area contributed by atoms with Crippen LogP contribution in [0.1, 0.15) is 12.0 Å². The summed E-state index contributed by atoms with van der Waals surface area (Å²) in [5.41, 5.74) is 1.45. The van der Waals surface area contributed by atoms with E-state index in [0.29, 0.717) is 35.1 Å². The quantitative estimate of drug-likeness (QED) is 0.498. The minimum atomic E-state index is -3.52. The Bertz CT molecular complexity index is 1100. The van der Waals surface area contributed by atoms with Gasteiger partial charge in [-0.25, -0.2) is 8.42 Å². The highest BCUT2D eigenvalue weighted by molar-refractivity contribution is 7.92. The average molecular weight is 444 g/mol. The molecule has 0 fully saturated rings. The number of rotatable bonds is 9. The number of aryl methyl sites for hydroxylation is 1. The van der Waals surface area contributed by atoms with Crippen LogP contribution in [0.5, 0.6) is 11.5 Å². The standard InChI is InChI=1S/C23H22ClNO4S/c24-19-12-4-6-14-21(19)29-22-15-7-5-13-20(22)25-23(26)17-30(27,28)16-8-11-18-9-2-1-3-10-18/h1-7,9-10,12-15H,8,11,16-17H2,(H,25,26). The molecule has 3 aromatic rings. The van der Waals surface area contributed by atoms with Gasteiger partial charge in [0, 0.05) is 0 Å². The Hall–Kier alpha value is -2.83. The number of hydrogen-bond acceptors (Lipinski definition) is 4. The number of amides is 1. The van der Waals surface area contributed by atoms with Gasteiger partial charge in [0.05, 0.1) is 16.5 Å². The van der Waals surface area contributed by atoms with Gasteiger partial charge in [-0.2, -0.15) is 0 Å². The van der Waals surface area contributed by atoms with Crippen molar-refractivity contribution < 1.29 is 17.9 Å². The Morgan fingerprint density at radius 3 is 2.23 bits per heavy atom. The van der Waals surface area contributed by atoms with E-state index in [9.17, 15) is 13.2 Å². The molecule has 0 bridgehead atoms. The first-order valence-corrected chi connectivity index (χ1v) is 11.7. The van der Waals surface area contributed by atoms with Gasteiger partial charge in [-0.05, 0) is 42.7 Å². The number of hydrogen-bond donors (Lipinski definition) is 1. The maximum absolute atomic E-state index is 12.4. The molecule has 0 saturated heterocycles. The predicted molar refractivity (Wildman–Crippen MR) is 120 cm³/mol. The number of sulfone groups is 1. The van der Waals surface area contributed by atoms with Crippen LogP contribution >= 0.6 is 11.6 Å². The molecule has 0 aliphatic rings. The summed E-state index contributed by atoms with van der Waals surface area (Å²) < 4.78 is 30.5. The van der Waals surface area contributed by atoms with Crippen molar-refractivity contribution in [3.8, 4) is 11.5 Å². The van der Waals surface area contributed by atoms with Crippen molar-refractivity contribution in [2.75, 3.05) is 16.8 Å². The maximum Gasteiger partial charge on any atom is 0.239 e. The van der Waals surface area contributed by atoms with Gasteiger partial charge < -0.3 is 10.1 Å². The van der Waals surface area contributed by atoms with E-state index < -0.39 is 21.5 Å². The van der Waals surface area contributed by atoms with Gasteiger partial charge in [0.1, 0.15) is 11.5 Å². The van der Waals surface area contributed by atoms with E-state index >= 15 is 0 Å². The third-order valence-corrected chi connectivity index (χ3v) is 6.26. The van der Waals surface area contributed by atoms with Gasteiger partial charge in [-0.15, -0.1) is 0 Å². The molecule has 5 nitrogen and oxygen atoms in total. The number of benzene rings is 3. The van der Waals surface area contributed by atoms with E-state index in [-0.39, 0.29) is 5.75 Å². The summed E-state index contributed by atoms with van der Waals surface area (Å²) in [6, 6.07) is 23.4. The molecule has 156 valence electrons. The molecule has 1 N–H and O–H groups in total. The second-order valence-corrected chi connectivity index (χ2v) is 9.35. The molecule has 0 aliphatic carbocycles. The van der Waals surface area contributed by atoms with Crippen LogP contribution in [0, 0.1) is 0 Å². The lowest BCUT2D eigenvalue weighted by molar-refractivity contribution is -0.113. The van der Waals surface area contributed by atoms with Crippen LogP contribution in [0.3, 0.4) is 0 Å². The fraction of sp³-hybridized carbons (Fsp3) is 0.174. The molecule has 0 unspecified atom stereocenters. The number of carbonyl (C=O) groups is 1. The average Bonchev–Trinajstić information content (AvgIpc) is 2.71. The molecule has 0 aliphatic heterocycles. The molecule has 30 heavy (non-hydrogen) atoms. The van der Waals surface area contributed by atoms with Crippen LogP contribution < -0.4 is 10.1 Å². The first-order valence-electron chi connectivity index (χ1n) is 9.48. The van der Waals surface area contributed by atoms with Crippen LogP contribution in [-0.4, -0.2) is 25.8 Å². The van der Waals surface area contributed by atoms with Crippen LogP contribution in [-0.2, 0) is 21.1 Å². The Kier molecular flexibility index (Phi) is 7.49. The summed E-state index contributed by atoms with van der Waals surface area (Å²) in [4.78, 5) is 12.4. The van der Waals surface area contributed by atoms with Gasteiger partial charge in [-0.3, -0.25) is 4.79 Å². The van der Waals surface area contributed by atoms with Crippen molar-refractivity contribution >= 4 is 33.0 Å². The fourth-order valence-electron chi connectivity index (χ4n) is 2.90. The van der Waals surface area contributed by atoms with E-state index in [4.69, 9.17) is 16.3 Å². The van der Waals surface area contributed by atoms with Crippen molar-refractivity contribution in [3.05, 3.63) is 89.4 Å². The third-order valence-electron chi connectivity index (χ3n) is 4.33. The molecule has 0 atom stereocenters. The van der Waals surface area contributed by atoms with E-state index in [0.717, 1.165) is 5.56 Å². The van der Waals surface area contributed by atoms with Gasteiger partial charge in [0.15, 0.2) is 15.6 Å². The number of nitrogens with one attached hydrogen (secondary N) is 1. The summed E-state index contributed by atoms with van der Waals surface area (Å²) in [5.74, 6) is -0.422. The smallest absolute Gasteiger partial charge is 0.239 e. The van der Waals surface area contributed by atoms with Crippen LogP contribution in [0.15, 0.2) is 78.9 Å². The van der Waals surface area contributed by atoms with E-state index in [1.807, 2.05) is 30.3 Å². The maximum atomic E-state index is 12.4. The molecule has 0 radical (unpaired) electrons. The topological polar surface area (TPSA) is 72.5 Å². The van der Waals surface area contributed by atoms with Crippen LogP contribution in [0.25, 0.3) is 0 Å². The van der Waals surface area contributed by atoms with E-state index in [1.54, 1.807) is 48.5 Å². The summed E-state index contributed by atoms with van der Waals surface area (Å²) >= 11 is 6.12. The van der Waals surface area contributed by atoms with Gasteiger partial charge >= 0.3 is 0 Å². The lowest BCUT2D eigenvalue weighted by Gasteiger charge is -2.13. The molecule has 7 heteroatoms. The number of halogens is 1. The molecule has 3 rings (SSSR count). The Balaban J connectivity index is 1.58. The third kappa shape index (κ3) is 6.61. The zero-order valence-corrected chi connectivity index (χ0v) is 17.8. The predicted octanol–water partition coefficient (Wildman–Crippen LogP) is 5.12. The van der Waals surface area contributed by atoms with Crippen molar-refractivity contribution in [2.45, 2.75) is 12.8 Å². The molecule has 0 saturated carbocycles. The fourth-order valence-corrected chi connectivity index (χ4v) is 4.28. The number of ether oxygens (including phenoxy) is 1. The highest BCUT2D eigenvalue weighted by atomic mass is 35.5. The zero-order valence-electron chi connectivity index (χ0n) is 16.3. The first kappa shape index (κ1) is 21.9. The number of carbonyl (C=O) groups excluding carboxylic acids is 1. The minimum Gasteiger partial charge on any atom is -0.454 e. The Labute approximate surface area is 181 Å². The largest absolute Gasteiger partial charge is 0.454 e. The number of anilines is 1. The second-order valence-electron chi connectivity index (χ2n) is 6.76. The molecule has 0 spiro atoms. The lowest BCUT2D eigenvalue weighted by Crippen LogP contribution is -2.25. The Morgan fingerprint density at radius 1 is 0.867 bits per heavy atom. The van der Waals surface area contributed by atoms with Crippen molar-refractivity contribution in [2.24, 2.45) is 0 Å². The molecule has 0 heterocycles. The monoisotopic (exact) mass is 443 g/mol. The second kappa shape index (κ2) is 10.3. The molecule has 1 amide bonds. The lowest BCUT2D eigenvalue weighted by atomic mass is 10.1. The summed E-state index contributed by atoms with van der Waals surface area (Å²) in [6.07, 6.45) is 1.11. The van der Waals surface area contributed by atoms with Crippen LogP contribution in [0.4, 0.5) is 5.69 Å². The van der Waals surface area contributed by atoms with E-state index in [1.165, 1.54) is 0 Å². The van der Waals surface area contributed by atoms with Crippen molar-refractivity contribution in [1.82, 2.24) is 0 Å². The highest BCUT2D eigenvalue weighted by Gasteiger charge is 2.18. The summed E-state index contributed by atoms with van der Waals surface area (Å²) in [5, 5.41) is 3.06.